The second kappa shape index (κ2) is 7.20. The maximum absolute atomic E-state index is 5.61. The molecule has 15 heavy (non-hydrogen) atoms. The predicted molar refractivity (Wildman–Crippen MR) is 64.2 cm³/mol. The predicted octanol–water partition coefficient (Wildman–Crippen LogP) is 1.49. The summed E-state index contributed by atoms with van der Waals surface area (Å²) in [6, 6.07) is 1.19. The maximum Gasteiger partial charge on any atom is 0.0637 e. The number of ether oxygens (including phenoxy) is 1. The molecule has 1 aliphatic heterocycles. The zero-order valence-corrected chi connectivity index (χ0v) is 10.5. The van der Waals surface area contributed by atoms with Crippen molar-refractivity contribution < 1.29 is 4.74 Å². The zero-order valence-electron chi connectivity index (χ0n) is 10.5. The minimum Gasteiger partial charge on any atom is -0.380 e. The van der Waals surface area contributed by atoms with Crippen LogP contribution in [0.25, 0.3) is 0 Å². The number of likely N-dealkylation sites (N-methyl/N-ethyl adjacent to an activating group) is 2. The first-order valence-corrected chi connectivity index (χ1v) is 6.38. The normalized spacial score (nSPS) is 27.2. The van der Waals surface area contributed by atoms with Crippen molar-refractivity contribution >= 4 is 0 Å². The van der Waals surface area contributed by atoms with Gasteiger partial charge in [-0.2, -0.15) is 0 Å². The number of nitrogens with zero attached hydrogens (tertiary/aromatic N) is 1. The summed E-state index contributed by atoms with van der Waals surface area (Å²) in [6.07, 6.45) is 2.38. The molecule has 0 aromatic heterocycles. The van der Waals surface area contributed by atoms with E-state index >= 15 is 0 Å². The molecule has 1 saturated heterocycles. The highest BCUT2D eigenvalue weighted by Crippen LogP contribution is 2.14. The lowest BCUT2D eigenvalue weighted by atomic mass is 10.0. The molecular weight excluding hydrogens is 188 g/mol. The number of rotatable bonds is 6. The highest BCUT2D eigenvalue weighted by molar-refractivity contribution is 4.86. The Morgan fingerprint density at radius 1 is 1.33 bits per heavy atom. The van der Waals surface area contributed by atoms with Crippen molar-refractivity contribution in [3.63, 3.8) is 0 Å². The van der Waals surface area contributed by atoms with Crippen molar-refractivity contribution in [3.8, 4) is 0 Å². The van der Waals surface area contributed by atoms with E-state index in [0.29, 0.717) is 12.1 Å². The van der Waals surface area contributed by atoms with Gasteiger partial charge in [0.05, 0.1) is 6.61 Å². The number of hydrogen-bond acceptors (Lipinski definition) is 3. The minimum atomic E-state index is 0.573. The highest BCUT2D eigenvalue weighted by Gasteiger charge is 2.28. The molecule has 0 radical (unpaired) electrons. The Morgan fingerprint density at radius 3 is 2.73 bits per heavy atom. The topological polar surface area (TPSA) is 24.5 Å². The van der Waals surface area contributed by atoms with Crippen LogP contribution in [0.5, 0.6) is 0 Å². The Balaban J connectivity index is 2.52. The molecule has 1 aliphatic rings. The summed E-state index contributed by atoms with van der Waals surface area (Å²) in [4.78, 5) is 2.55. The van der Waals surface area contributed by atoms with Crippen LogP contribution in [0.15, 0.2) is 0 Å². The van der Waals surface area contributed by atoms with Crippen LogP contribution in [-0.2, 0) is 4.74 Å². The molecule has 3 heteroatoms. The van der Waals surface area contributed by atoms with E-state index in [9.17, 15) is 0 Å². The highest BCUT2D eigenvalue weighted by atomic mass is 16.5. The third kappa shape index (κ3) is 3.74. The average Bonchev–Trinajstić information content (AvgIpc) is 2.27. The molecule has 2 atom stereocenters. The standard InChI is InChI=1S/C12H26N2O/c1-4-8-14(6-3)12-10-15-9-7-11(12)13-5-2/h11-13H,4-10H2,1-3H3. The fraction of sp³-hybridized carbons (Fsp3) is 1.00. The first-order chi connectivity index (χ1) is 7.33. The molecule has 0 spiro atoms. The Bertz CT molecular complexity index is 153. The monoisotopic (exact) mass is 214 g/mol. The maximum atomic E-state index is 5.61. The number of nitrogens with one attached hydrogen (secondary N) is 1. The molecule has 1 rings (SSSR count). The number of hydrogen-bond donors (Lipinski definition) is 1. The SMILES string of the molecule is CCCN(CC)C1COCCC1NCC. The molecule has 0 saturated carbocycles. The van der Waals surface area contributed by atoms with E-state index in [-0.39, 0.29) is 0 Å². The van der Waals surface area contributed by atoms with Gasteiger partial charge in [0, 0.05) is 18.7 Å². The first-order valence-electron chi connectivity index (χ1n) is 6.38. The van der Waals surface area contributed by atoms with Gasteiger partial charge in [-0.15, -0.1) is 0 Å². The van der Waals surface area contributed by atoms with Gasteiger partial charge in [0.25, 0.3) is 0 Å². The van der Waals surface area contributed by atoms with Gasteiger partial charge >= 0.3 is 0 Å². The molecule has 0 aromatic carbocycles. The van der Waals surface area contributed by atoms with Gasteiger partial charge in [-0.3, -0.25) is 4.90 Å². The van der Waals surface area contributed by atoms with Gasteiger partial charge in [-0.05, 0) is 32.5 Å². The second-order valence-electron chi connectivity index (χ2n) is 4.22. The van der Waals surface area contributed by atoms with Crippen molar-refractivity contribution in [2.45, 2.75) is 45.7 Å². The molecule has 0 bridgehead atoms. The van der Waals surface area contributed by atoms with Gasteiger partial charge in [-0.25, -0.2) is 0 Å². The fourth-order valence-corrected chi connectivity index (χ4v) is 2.43. The van der Waals surface area contributed by atoms with Gasteiger partial charge < -0.3 is 10.1 Å². The summed E-state index contributed by atoms with van der Waals surface area (Å²) < 4.78 is 5.61. The largest absolute Gasteiger partial charge is 0.380 e. The Kier molecular flexibility index (Phi) is 6.22. The quantitative estimate of drug-likeness (QED) is 0.725. The van der Waals surface area contributed by atoms with E-state index in [2.05, 4.69) is 31.0 Å². The average molecular weight is 214 g/mol. The van der Waals surface area contributed by atoms with Crippen molar-refractivity contribution in [3.05, 3.63) is 0 Å². The molecule has 3 nitrogen and oxygen atoms in total. The van der Waals surface area contributed by atoms with Crippen LogP contribution in [-0.4, -0.2) is 49.8 Å². The van der Waals surface area contributed by atoms with E-state index < -0.39 is 0 Å². The lowest BCUT2D eigenvalue weighted by Gasteiger charge is -2.39. The van der Waals surface area contributed by atoms with Crippen molar-refractivity contribution in [1.82, 2.24) is 10.2 Å². The molecule has 90 valence electrons. The van der Waals surface area contributed by atoms with Crippen LogP contribution in [0.3, 0.4) is 0 Å². The lowest BCUT2D eigenvalue weighted by molar-refractivity contribution is -0.00103. The molecule has 0 aliphatic carbocycles. The summed E-state index contributed by atoms with van der Waals surface area (Å²) in [5.74, 6) is 0. The van der Waals surface area contributed by atoms with Crippen LogP contribution in [0, 0.1) is 0 Å². The van der Waals surface area contributed by atoms with Crippen molar-refractivity contribution in [2.75, 3.05) is 32.8 Å². The Labute approximate surface area is 94.2 Å². The molecular formula is C12H26N2O. The molecule has 2 unspecified atom stereocenters. The van der Waals surface area contributed by atoms with Crippen LogP contribution in [0.4, 0.5) is 0 Å². The van der Waals surface area contributed by atoms with Gasteiger partial charge in [-0.1, -0.05) is 20.8 Å². The van der Waals surface area contributed by atoms with Crippen LogP contribution < -0.4 is 5.32 Å². The molecule has 1 N–H and O–H groups in total. The van der Waals surface area contributed by atoms with Gasteiger partial charge in [0.2, 0.25) is 0 Å². The van der Waals surface area contributed by atoms with E-state index in [1.165, 1.54) is 13.0 Å². The van der Waals surface area contributed by atoms with Crippen molar-refractivity contribution in [1.29, 1.82) is 0 Å². The van der Waals surface area contributed by atoms with Gasteiger partial charge in [0.1, 0.15) is 0 Å². The Morgan fingerprint density at radius 2 is 2.13 bits per heavy atom. The Hall–Kier alpha value is -0.120. The van der Waals surface area contributed by atoms with Crippen LogP contribution in [0.2, 0.25) is 0 Å². The van der Waals surface area contributed by atoms with E-state index in [0.717, 1.165) is 32.7 Å². The lowest BCUT2D eigenvalue weighted by Crippen LogP contribution is -2.55. The summed E-state index contributed by atoms with van der Waals surface area (Å²) in [6.45, 7) is 11.9. The van der Waals surface area contributed by atoms with E-state index in [1.807, 2.05) is 0 Å². The van der Waals surface area contributed by atoms with E-state index in [1.54, 1.807) is 0 Å². The summed E-state index contributed by atoms with van der Waals surface area (Å²) in [5.41, 5.74) is 0. The zero-order chi connectivity index (χ0) is 11.1. The minimum absolute atomic E-state index is 0.573. The molecule has 0 aromatic rings. The third-order valence-electron chi connectivity index (χ3n) is 3.18. The smallest absolute Gasteiger partial charge is 0.0637 e. The third-order valence-corrected chi connectivity index (χ3v) is 3.18. The molecule has 1 heterocycles. The van der Waals surface area contributed by atoms with Crippen LogP contribution >= 0.6 is 0 Å². The summed E-state index contributed by atoms with van der Waals surface area (Å²) in [5, 5.41) is 3.59. The summed E-state index contributed by atoms with van der Waals surface area (Å²) >= 11 is 0. The van der Waals surface area contributed by atoms with E-state index in [4.69, 9.17) is 4.74 Å². The molecule has 1 fully saturated rings. The van der Waals surface area contributed by atoms with Crippen LogP contribution in [0.1, 0.15) is 33.6 Å². The summed E-state index contributed by atoms with van der Waals surface area (Å²) in [7, 11) is 0. The fourth-order valence-electron chi connectivity index (χ4n) is 2.43. The van der Waals surface area contributed by atoms with Gasteiger partial charge in [0.15, 0.2) is 0 Å². The first kappa shape index (κ1) is 12.9. The second-order valence-corrected chi connectivity index (χ2v) is 4.22. The van der Waals surface area contributed by atoms with Crippen molar-refractivity contribution in [2.24, 2.45) is 0 Å². The molecule has 0 amide bonds.